The summed E-state index contributed by atoms with van der Waals surface area (Å²) < 4.78 is 5.93. The molecule has 1 N–H and O–H groups in total. The molecule has 3 atom stereocenters. The lowest BCUT2D eigenvalue weighted by molar-refractivity contribution is -0.155. The maximum atomic E-state index is 13.3. The largest absolute Gasteiger partial charge is 0.481 e. The molecule has 0 fully saturated rings. The zero-order valence-electron chi connectivity index (χ0n) is 27.5. The van der Waals surface area contributed by atoms with Crippen LogP contribution in [0, 0.1) is 17.8 Å². The van der Waals surface area contributed by atoms with Crippen LogP contribution in [0.25, 0.3) is 0 Å². The van der Waals surface area contributed by atoms with Crippen molar-refractivity contribution in [3.05, 3.63) is 0 Å². The maximum absolute atomic E-state index is 13.3. The first-order valence-electron chi connectivity index (χ1n) is 17.9. The van der Waals surface area contributed by atoms with E-state index in [-0.39, 0.29) is 12.4 Å². The fourth-order valence-electron chi connectivity index (χ4n) is 6.03. The van der Waals surface area contributed by atoms with Gasteiger partial charge in [-0.2, -0.15) is 0 Å². The number of rotatable bonds is 31. The minimum atomic E-state index is -0.880. The number of hydrogen-bond donors (Lipinski definition) is 1. The monoisotopic (exact) mass is 567 g/mol. The van der Waals surface area contributed by atoms with E-state index < -0.39 is 11.9 Å². The average molecular weight is 567 g/mol. The number of carboxylic acid groups (broad SMARTS) is 1. The Balaban J connectivity index is 5.01. The van der Waals surface area contributed by atoms with E-state index in [9.17, 15) is 14.7 Å². The molecule has 0 aliphatic carbocycles. The van der Waals surface area contributed by atoms with E-state index in [1.54, 1.807) is 0 Å². The third-order valence-electron chi connectivity index (χ3n) is 8.70. The maximum Gasteiger partial charge on any atom is 0.309 e. The quantitative estimate of drug-likeness (QED) is 0.0669. The molecule has 0 rings (SSSR count). The molecule has 0 aliphatic heterocycles. The summed E-state index contributed by atoms with van der Waals surface area (Å²) in [6, 6.07) is 0. The molecule has 0 bridgehead atoms. The van der Waals surface area contributed by atoms with Crippen LogP contribution in [0.4, 0.5) is 0 Å². The van der Waals surface area contributed by atoms with Gasteiger partial charge in [-0.3, -0.25) is 9.59 Å². The number of ether oxygens (including phenoxy) is 1. The van der Waals surface area contributed by atoms with Crippen molar-refractivity contribution in [3.8, 4) is 0 Å². The predicted octanol–water partition coefficient (Wildman–Crippen LogP) is 11.7. The first kappa shape index (κ1) is 38.9. The summed E-state index contributed by atoms with van der Waals surface area (Å²) in [5, 5.41) is 9.63. The van der Waals surface area contributed by atoms with Crippen LogP contribution in [-0.4, -0.2) is 23.7 Å². The molecule has 4 nitrogen and oxygen atoms in total. The van der Waals surface area contributed by atoms with E-state index in [1.807, 2.05) is 0 Å². The van der Waals surface area contributed by atoms with Crippen LogP contribution in [0.15, 0.2) is 0 Å². The third-order valence-corrected chi connectivity index (χ3v) is 8.70. The number of carboxylic acids is 1. The van der Waals surface area contributed by atoms with Gasteiger partial charge in [0.2, 0.25) is 0 Å². The summed E-state index contributed by atoms with van der Waals surface area (Å²) in [4.78, 5) is 25.0. The van der Waals surface area contributed by atoms with Gasteiger partial charge in [-0.25, -0.2) is 0 Å². The van der Waals surface area contributed by atoms with Gasteiger partial charge in [0.1, 0.15) is 0 Å². The summed E-state index contributed by atoms with van der Waals surface area (Å²) in [5.41, 5.74) is 0. The SMILES string of the molecule is CCCCCCCCC(CCCCCC)COC(=O)C(CC(=O)O)CC(CCCCCC)CCCCCCCC. The van der Waals surface area contributed by atoms with Gasteiger partial charge in [0.15, 0.2) is 0 Å². The van der Waals surface area contributed by atoms with Gasteiger partial charge in [-0.1, -0.05) is 169 Å². The molecule has 0 aromatic rings. The lowest BCUT2D eigenvalue weighted by Crippen LogP contribution is -2.26. The highest BCUT2D eigenvalue weighted by molar-refractivity contribution is 5.79. The summed E-state index contributed by atoms with van der Waals surface area (Å²) in [6.45, 7) is 9.44. The first-order chi connectivity index (χ1) is 19.5. The van der Waals surface area contributed by atoms with Gasteiger partial charge >= 0.3 is 11.9 Å². The second kappa shape index (κ2) is 29.4. The first-order valence-corrected chi connectivity index (χ1v) is 17.9. The molecular weight excluding hydrogens is 496 g/mol. The van der Waals surface area contributed by atoms with Gasteiger partial charge in [0.25, 0.3) is 0 Å². The Morgan fingerprint density at radius 1 is 0.525 bits per heavy atom. The van der Waals surface area contributed by atoms with Gasteiger partial charge in [-0.15, -0.1) is 0 Å². The van der Waals surface area contributed by atoms with Crippen molar-refractivity contribution in [2.75, 3.05) is 6.61 Å². The highest BCUT2D eigenvalue weighted by atomic mass is 16.5. The van der Waals surface area contributed by atoms with Crippen LogP contribution in [0.3, 0.4) is 0 Å². The summed E-state index contributed by atoms with van der Waals surface area (Å²) >= 11 is 0. The number of unbranched alkanes of at least 4 members (excludes halogenated alkanes) is 16. The molecule has 3 unspecified atom stereocenters. The summed E-state index contributed by atoms with van der Waals surface area (Å²) in [6.07, 6.45) is 30.1. The van der Waals surface area contributed by atoms with Crippen LogP contribution in [-0.2, 0) is 14.3 Å². The van der Waals surface area contributed by atoms with E-state index in [2.05, 4.69) is 27.7 Å². The molecule has 0 aromatic heterocycles. The van der Waals surface area contributed by atoms with Crippen molar-refractivity contribution >= 4 is 11.9 Å². The lowest BCUT2D eigenvalue weighted by Gasteiger charge is -2.23. The highest BCUT2D eigenvalue weighted by Crippen LogP contribution is 2.28. The fourth-order valence-corrected chi connectivity index (χ4v) is 6.03. The Hall–Kier alpha value is -1.06. The summed E-state index contributed by atoms with van der Waals surface area (Å²) in [7, 11) is 0. The molecule has 0 saturated carbocycles. The zero-order chi connectivity index (χ0) is 29.7. The van der Waals surface area contributed by atoms with E-state index in [1.165, 1.54) is 128 Å². The molecule has 40 heavy (non-hydrogen) atoms. The van der Waals surface area contributed by atoms with Crippen LogP contribution < -0.4 is 0 Å². The number of hydrogen-bond acceptors (Lipinski definition) is 3. The number of esters is 1. The molecule has 4 heteroatoms. The van der Waals surface area contributed by atoms with Crippen molar-refractivity contribution < 1.29 is 19.4 Å². The van der Waals surface area contributed by atoms with Crippen LogP contribution in [0.2, 0.25) is 0 Å². The Kier molecular flexibility index (Phi) is 28.7. The van der Waals surface area contributed by atoms with Gasteiger partial charge in [0.05, 0.1) is 18.9 Å². The van der Waals surface area contributed by atoms with E-state index in [0.29, 0.717) is 24.9 Å². The Bertz CT molecular complexity index is 561. The average Bonchev–Trinajstić information content (AvgIpc) is 2.94. The Morgan fingerprint density at radius 3 is 1.27 bits per heavy atom. The molecule has 0 aliphatic rings. The number of carbonyl (C=O) groups is 2. The van der Waals surface area contributed by atoms with E-state index >= 15 is 0 Å². The van der Waals surface area contributed by atoms with Crippen molar-refractivity contribution in [2.24, 2.45) is 17.8 Å². The lowest BCUT2D eigenvalue weighted by atomic mass is 9.85. The molecule has 0 aromatic carbocycles. The molecule has 0 spiro atoms. The second-order valence-electron chi connectivity index (χ2n) is 12.7. The second-order valence-corrected chi connectivity index (χ2v) is 12.7. The molecule has 0 heterocycles. The predicted molar refractivity (Wildman–Crippen MR) is 172 cm³/mol. The minimum absolute atomic E-state index is 0.0978. The molecule has 0 radical (unpaired) electrons. The van der Waals surface area contributed by atoms with Crippen molar-refractivity contribution in [2.45, 2.75) is 195 Å². The normalized spacial score (nSPS) is 13.7. The molecular formula is C36H70O4. The topological polar surface area (TPSA) is 63.6 Å². The molecule has 0 saturated heterocycles. The number of aliphatic carboxylic acids is 1. The smallest absolute Gasteiger partial charge is 0.309 e. The van der Waals surface area contributed by atoms with Gasteiger partial charge in [0, 0.05) is 0 Å². The number of carbonyl (C=O) groups excluding carboxylic acids is 1. The third kappa shape index (κ3) is 24.7. The van der Waals surface area contributed by atoms with Gasteiger partial charge < -0.3 is 9.84 Å². The van der Waals surface area contributed by atoms with Crippen molar-refractivity contribution in [1.82, 2.24) is 0 Å². The van der Waals surface area contributed by atoms with Crippen molar-refractivity contribution in [3.63, 3.8) is 0 Å². The van der Waals surface area contributed by atoms with Crippen molar-refractivity contribution in [1.29, 1.82) is 0 Å². The van der Waals surface area contributed by atoms with Crippen LogP contribution in [0.5, 0.6) is 0 Å². The molecule has 238 valence electrons. The zero-order valence-corrected chi connectivity index (χ0v) is 27.5. The standard InChI is InChI=1S/C36H70O4/c1-5-9-13-17-19-23-26-32(25-21-15-11-7-3)29-34(30-35(37)38)36(39)40-31-33(27-22-16-12-8-4)28-24-20-18-14-10-6-2/h32-34H,5-31H2,1-4H3,(H,37,38). The highest BCUT2D eigenvalue weighted by Gasteiger charge is 2.27. The minimum Gasteiger partial charge on any atom is -0.481 e. The summed E-state index contributed by atoms with van der Waals surface area (Å²) in [5.74, 6) is -0.818. The fraction of sp³-hybridized carbons (Fsp3) is 0.944. The molecule has 0 amide bonds. The van der Waals surface area contributed by atoms with E-state index in [4.69, 9.17) is 4.74 Å². The Morgan fingerprint density at radius 2 is 0.875 bits per heavy atom. The Labute approximate surface area is 250 Å². The van der Waals surface area contributed by atoms with Gasteiger partial charge in [-0.05, 0) is 31.1 Å². The van der Waals surface area contributed by atoms with E-state index in [0.717, 1.165) is 25.7 Å². The van der Waals surface area contributed by atoms with Crippen LogP contribution in [0.1, 0.15) is 195 Å². The van der Waals surface area contributed by atoms with Crippen LogP contribution >= 0.6 is 0 Å².